The molecule has 0 aromatic heterocycles. The van der Waals surface area contributed by atoms with E-state index in [4.69, 9.17) is 31.2 Å². The van der Waals surface area contributed by atoms with Crippen molar-refractivity contribution < 1.29 is 28.7 Å². The lowest BCUT2D eigenvalue weighted by Gasteiger charge is -2.16. The summed E-state index contributed by atoms with van der Waals surface area (Å²) in [7, 11) is 1.56. The topological polar surface area (TPSA) is 112 Å². The molecule has 0 spiro atoms. The van der Waals surface area contributed by atoms with Crippen LogP contribution in [0.1, 0.15) is 36.1 Å². The Bertz CT molecular complexity index is 1520. The molecule has 0 aliphatic carbocycles. The molecule has 0 unspecified atom stereocenters. The van der Waals surface area contributed by atoms with Crippen molar-refractivity contribution in [1.29, 1.82) is 0 Å². The normalized spacial score (nSPS) is 13.7. The second kappa shape index (κ2) is 13.8. The first-order valence-corrected chi connectivity index (χ1v) is 13.9. The Kier molecular flexibility index (Phi) is 9.98. The molecule has 11 heteroatoms. The lowest BCUT2D eigenvalue weighted by molar-refractivity contribution is -0.385. The fourth-order valence-corrected chi connectivity index (χ4v) is 4.80. The van der Waals surface area contributed by atoms with Crippen LogP contribution in [0, 0.1) is 17.0 Å². The lowest BCUT2D eigenvalue weighted by Crippen LogP contribution is -2.32. The first-order valence-electron chi connectivity index (χ1n) is 13.5. The second-order valence-corrected chi connectivity index (χ2v) is 9.79. The fraction of sp³-hybridized carbons (Fsp3) is 0.290. The van der Waals surface area contributed by atoms with E-state index < -0.39 is 4.92 Å². The van der Waals surface area contributed by atoms with Crippen LogP contribution in [0.15, 0.2) is 60.3 Å². The molecule has 42 heavy (non-hydrogen) atoms. The molecule has 10 nitrogen and oxygen atoms in total. The van der Waals surface area contributed by atoms with Gasteiger partial charge in [0.2, 0.25) is 0 Å². The largest absolute Gasteiger partial charge is 0.496 e. The second-order valence-electron chi connectivity index (χ2n) is 9.41. The summed E-state index contributed by atoms with van der Waals surface area (Å²) in [5.74, 6) is 2.26. The zero-order valence-electron chi connectivity index (χ0n) is 24.0. The van der Waals surface area contributed by atoms with Crippen LogP contribution in [-0.2, 0) is 17.8 Å². The number of carbonyl (C=O) groups excluding carboxylic acids is 1. The predicted octanol–water partition coefficient (Wildman–Crippen LogP) is 5.59. The highest BCUT2D eigenvalue weighted by molar-refractivity contribution is 7.80. The van der Waals surface area contributed by atoms with Gasteiger partial charge in [0.1, 0.15) is 23.8 Å². The fourth-order valence-electron chi connectivity index (χ4n) is 4.52. The van der Waals surface area contributed by atoms with Gasteiger partial charge in [-0.1, -0.05) is 12.1 Å². The van der Waals surface area contributed by atoms with Crippen LogP contribution < -0.4 is 24.3 Å². The first kappa shape index (κ1) is 30.3. The Labute approximate surface area is 250 Å². The van der Waals surface area contributed by atoms with E-state index in [9.17, 15) is 14.9 Å². The van der Waals surface area contributed by atoms with E-state index in [2.05, 4.69) is 5.32 Å². The van der Waals surface area contributed by atoms with Crippen molar-refractivity contribution in [1.82, 2.24) is 10.2 Å². The van der Waals surface area contributed by atoms with E-state index >= 15 is 0 Å². The van der Waals surface area contributed by atoms with Gasteiger partial charge < -0.3 is 24.3 Å². The summed E-state index contributed by atoms with van der Waals surface area (Å²) in [5.41, 5.74) is 3.40. The van der Waals surface area contributed by atoms with Crippen LogP contribution >= 0.6 is 12.2 Å². The summed E-state index contributed by atoms with van der Waals surface area (Å²) in [6.45, 7) is 7.12. The number of hydrogen-bond acceptors (Lipinski definition) is 8. The smallest absolute Gasteiger partial charge is 0.276 e. The number of carbonyl (C=O) groups is 1. The monoisotopic (exact) mass is 591 g/mol. The van der Waals surface area contributed by atoms with Crippen molar-refractivity contribution in [3.63, 3.8) is 0 Å². The highest BCUT2D eigenvalue weighted by Gasteiger charge is 2.30. The number of nitrogens with one attached hydrogen (secondary N) is 1. The number of nitrogens with zero attached hydrogens (tertiary/aromatic N) is 2. The molecule has 0 radical (unpaired) electrons. The predicted molar refractivity (Wildman–Crippen MR) is 163 cm³/mol. The molecule has 3 aromatic rings. The highest BCUT2D eigenvalue weighted by atomic mass is 32.1. The van der Waals surface area contributed by atoms with Gasteiger partial charge in [-0.25, -0.2) is 0 Å². The van der Waals surface area contributed by atoms with Crippen LogP contribution in [0.4, 0.5) is 5.69 Å². The van der Waals surface area contributed by atoms with Gasteiger partial charge in [-0.05, 0) is 93.0 Å². The summed E-state index contributed by atoms with van der Waals surface area (Å²) < 4.78 is 22.7. The molecule has 4 rings (SSSR count). The molecule has 1 fully saturated rings. The lowest BCUT2D eigenvalue weighted by atomic mass is 10.1. The number of thiocarbonyl (C=S) groups is 1. The zero-order chi connectivity index (χ0) is 30.2. The third-order valence-corrected chi connectivity index (χ3v) is 6.89. The number of amides is 1. The van der Waals surface area contributed by atoms with Crippen molar-refractivity contribution in [2.24, 2.45) is 0 Å². The number of aryl methyl sites for hydroxylation is 1. The molecule has 3 aromatic carbocycles. The molecule has 1 saturated heterocycles. The number of nitro benzene ring substituents is 1. The van der Waals surface area contributed by atoms with E-state index in [0.29, 0.717) is 65.6 Å². The van der Waals surface area contributed by atoms with Gasteiger partial charge in [-0.15, -0.1) is 0 Å². The van der Waals surface area contributed by atoms with Gasteiger partial charge in [-0.2, -0.15) is 0 Å². The van der Waals surface area contributed by atoms with E-state index in [1.54, 1.807) is 43.2 Å². The summed E-state index contributed by atoms with van der Waals surface area (Å²) in [6, 6.07) is 15.9. The molecule has 1 aliphatic rings. The molecule has 1 aliphatic heterocycles. The van der Waals surface area contributed by atoms with Gasteiger partial charge in [0.15, 0.2) is 16.6 Å². The molecule has 0 bridgehead atoms. The van der Waals surface area contributed by atoms with Crippen molar-refractivity contribution in [3.05, 3.63) is 92.7 Å². The van der Waals surface area contributed by atoms with Crippen molar-refractivity contribution in [2.75, 3.05) is 26.9 Å². The van der Waals surface area contributed by atoms with E-state index in [0.717, 1.165) is 16.7 Å². The van der Waals surface area contributed by atoms with E-state index in [1.165, 1.54) is 6.07 Å². The minimum absolute atomic E-state index is 0.0315. The van der Waals surface area contributed by atoms with E-state index in [1.807, 2.05) is 44.2 Å². The van der Waals surface area contributed by atoms with Gasteiger partial charge >= 0.3 is 0 Å². The number of nitro groups is 1. The quantitative estimate of drug-likeness (QED) is 0.118. The van der Waals surface area contributed by atoms with Crippen LogP contribution in [0.25, 0.3) is 6.08 Å². The van der Waals surface area contributed by atoms with Crippen LogP contribution in [0.2, 0.25) is 0 Å². The minimum atomic E-state index is -0.428. The number of ether oxygens (including phenoxy) is 4. The zero-order valence-corrected chi connectivity index (χ0v) is 24.8. The van der Waals surface area contributed by atoms with Gasteiger partial charge in [0, 0.05) is 23.7 Å². The number of hydrogen-bond donors (Lipinski definition) is 1. The maximum absolute atomic E-state index is 13.2. The molecule has 1 heterocycles. The molecule has 220 valence electrons. The summed E-state index contributed by atoms with van der Waals surface area (Å²) in [5, 5.41) is 14.5. The first-order chi connectivity index (χ1) is 20.2. The summed E-state index contributed by atoms with van der Waals surface area (Å²) >= 11 is 5.47. The SMILES string of the molecule is CCOc1ccc(CCN2C(=O)/C(=C\c3ccc(OC)c(COc4ccc([N+](=O)[O-])c(C)c4)c3)NC2=S)cc1OCC. The summed E-state index contributed by atoms with van der Waals surface area (Å²) in [4.78, 5) is 25.5. The number of rotatable bonds is 13. The average molecular weight is 592 g/mol. The van der Waals surface area contributed by atoms with Crippen molar-refractivity contribution in [2.45, 2.75) is 33.8 Å². The number of benzene rings is 3. The Morgan fingerprint density at radius 2 is 1.71 bits per heavy atom. The van der Waals surface area contributed by atoms with Gasteiger partial charge in [0.05, 0.1) is 25.2 Å². The molecular weight excluding hydrogens is 558 g/mol. The molecule has 0 atom stereocenters. The third kappa shape index (κ3) is 7.16. The van der Waals surface area contributed by atoms with Crippen LogP contribution in [-0.4, -0.2) is 47.7 Å². The maximum Gasteiger partial charge on any atom is 0.276 e. The Morgan fingerprint density at radius 3 is 2.40 bits per heavy atom. The maximum atomic E-state index is 13.2. The Morgan fingerprint density at radius 1 is 0.976 bits per heavy atom. The van der Waals surface area contributed by atoms with Crippen LogP contribution in [0.3, 0.4) is 0 Å². The van der Waals surface area contributed by atoms with E-state index in [-0.39, 0.29) is 18.2 Å². The molecule has 1 N–H and O–H groups in total. The molecule has 1 amide bonds. The van der Waals surface area contributed by atoms with Gasteiger partial charge in [0.25, 0.3) is 11.6 Å². The number of methoxy groups -OCH3 is 1. The summed E-state index contributed by atoms with van der Waals surface area (Å²) in [6.07, 6.45) is 2.32. The Hall–Kier alpha value is -4.64. The van der Waals surface area contributed by atoms with Gasteiger partial charge in [-0.3, -0.25) is 19.8 Å². The average Bonchev–Trinajstić information content (AvgIpc) is 3.23. The highest BCUT2D eigenvalue weighted by Crippen LogP contribution is 2.30. The van der Waals surface area contributed by atoms with Crippen LogP contribution in [0.5, 0.6) is 23.0 Å². The van der Waals surface area contributed by atoms with Crippen molar-refractivity contribution >= 4 is 35.0 Å². The Balaban J connectivity index is 1.45. The minimum Gasteiger partial charge on any atom is -0.496 e. The molecule has 0 saturated carbocycles. The standard InChI is InChI=1S/C31H33N3O7S/c1-5-39-28-12-7-21(18-29(28)40-6-2)13-14-33-30(35)25(32-31(33)42)17-22-8-11-27(38-4)23(16-22)19-41-24-9-10-26(34(36)37)20(3)15-24/h7-12,15-18H,5-6,13-14,19H2,1-4H3,(H,32,42)/b25-17+. The molecular formula is C31H33N3O7S. The third-order valence-electron chi connectivity index (χ3n) is 6.57. The van der Waals surface area contributed by atoms with Crippen molar-refractivity contribution in [3.8, 4) is 23.0 Å².